The third-order valence-electron chi connectivity index (χ3n) is 7.23. The van der Waals surface area contributed by atoms with Crippen molar-refractivity contribution < 1.29 is 19.1 Å². The molecule has 6 nitrogen and oxygen atoms in total. The second-order valence-electron chi connectivity index (χ2n) is 11.6. The fourth-order valence-corrected chi connectivity index (χ4v) is 4.82. The zero-order valence-electron chi connectivity index (χ0n) is 24.9. The average molecular weight is 565 g/mol. The van der Waals surface area contributed by atoms with Crippen molar-refractivity contribution in [1.82, 2.24) is 0 Å². The molecule has 0 heterocycles. The standard InChI is InChI=1S/C36H40N2O4/c1-5-42-34(40)12-8-11-33(39)27-15-19-30(20-16-27)37-32(24-25-13-14-26-9-6-7-10-28(26)23-25)35(41)38-31-21-17-29(18-22-31)36(2,3)4/h6-7,9-10,13-23,32,37H,5,8,11-12,24H2,1-4H3,(H,38,41)/t32-/m0/s1. The molecule has 0 radical (unpaired) electrons. The van der Waals surface area contributed by atoms with Crippen molar-refractivity contribution in [2.45, 2.75) is 64.8 Å². The molecule has 0 fully saturated rings. The van der Waals surface area contributed by atoms with Crippen molar-refractivity contribution in [3.05, 3.63) is 108 Å². The monoisotopic (exact) mass is 564 g/mol. The van der Waals surface area contributed by atoms with Crippen molar-refractivity contribution >= 4 is 39.8 Å². The molecule has 1 atom stereocenters. The molecule has 0 spiro atoms. The summed E-state index contributed by atoms with van der Waals surface area (Å²) in [4.78, 5) is 37.8. The molecule has 4 aromatic rings. The van der Waals surface area contributed by atoms with Gasteiger partial charge < -0.3 is 15.4 Å². The molecule has 0 saturated heterocycles. The van der Waals surface area contributed by atoms with Crippen LogP contribution < -0.4 is 10.6 Å². The van der Waals surface area contributed by atoms with E-state index in [4.69, 9.17) is 4.74 Å². The van der Waals surface area contributed by atoms with E-state index < -0.39 is 6.04 Å². The molecule has 0 unspecified atom stereocenters. The van der Waals surface area contributed by atoms with E-state index in [1.165, 1.54) is 5.56 Å². The van der Waals surface area contributed by atoms with Crippen LogP contribution in [0.3, 0.4) is 0 Å². The Balaban J connectivity index is 1.48. The Morgan fingerprint density at radius 2 is 1.45 bits per heavy atom. The number of nitrogens with one attached hydrogen (secondary N) is 2. The number of amides is 1. The Bertz CT molecular complexity index is 1520. The minimum Gasteiger partial charge on any atom is -0.466 e. The van der Waals surface area contributed by atoms with E-state index in [-0.39, 0.29) is 35.9 Å². The van der Waals surface area contributed by atoms with Crippen molar-refractivity contribution in [2.24, 2.45) is 0 Å². The lowest BCUT2D eigenvalue weighted by Gasteiger charge is -2.22. The maximum absolute atomic E-state index is 13.6. The first kappa shape index (κ1) is 30.5. The highest BCUT2D eigenvalue weighted by Crippen LogP contribution is 2.24. The number of ketones is 1. The second kappa shape index (κ2) is 13.9. The number of ether oxygens (including phenoxy) is 1. The Labute approximate surface area is 248 Å². The number of carbonyl (C=O) groups excluding carboxylic acids is 3. The highest BCUT2D eigenvalue weighted by molar-refractivity contribution is 5.98. The summed E-state index contributed by atoms with van der Waals surface area (Å²) in [5.41, 5.74) is 4.31. The number of hydrogen-bond acceptors (Lipinski definition) is 5. The number of rotatable bonds is 12. The van der Waals surface area contributed by atoms with Crippen LogP contribution >= 0.6 is 0 Å². The van der Waals surface area contributed by atoms with Gasteiger partial charge in [-0.15, -0.1) is 0 Å². The SMILES string of the molecule is CCOC(=O)CCCC(=O)c1ccc(N[C@@H](Cc2ccc3ccccc3c2)C(=O)Nc2ccc(C(C)(C)C)cc2)cc1. The molecular weight excluding hydrogens is 524 g/mol. The van der Waals surface area contributed by atoms with Gasteiger partial charge in [0.25, 0.3) is 0 Å². The summed E-state index contributed by atoms with van der Waals surface area (Å²) in [6.45, 7) is 8.58. The average Bonchev–Trinajstić information content (AvgIpc) is 2.97. The van der Waals surface area contributed by atoms with Gasteiger partial charge in [0.2, 0.25) is 5.91 Å². The Morgan fingerprint density at radius 3 is 2.12 bits per heavy atom. The van der Waals surface area contributed by atoms with Crippen molar-refractivity contribution in [2.75, 3.05) is 17.2 Å². The molecule has 0 aromatic heterocycles. The van der Waals surface area contributed by atoms with Gasteiger partial charge in [-0.05, 0) is 77.1 Å². The Hall–Kier alpha value is -4.45. The molecule has 4 rings (SSSR count). The van der Waals surface area contributed by atoms with E-state index in [2.05, 4.69) is 61.7 Å². The molecule has 6 heteroatoms. The van der Waals surface area contributed by atoms with Gasteiger partial charge in [-0.1, -0.05) is 75.4 Å². The van der Waals surface area contributed by atoms with Gasteiger partial charge in [-0.3, -0.25) is 14.4 Å². The number of carbonyl (C=O) groups is 3. The summed E-state index contributed by atoms with van der Waals surface area (Å²) in [5.74, 6) is -0.466. The summed E-state index contributed by atoms with van der Waals surface area (Å²) in [6, 6.07) is 29.0. The van der Waals surface area contributed by atoms with Gasteiger partial charge in [-0.25, -0.2) is 0 Å². The van der Waals surface area contributed by atoms with E-state index in [0.717, 1.165) is 27.7 Å². The number of benzene rings is 4. The second-order valence-corrected chi connectivity index (χ2v) is 11.6. The predicted octanol–water partition coefficient (Wildman–Crippen LogP) is 7.72. The molecule has 4 aromatic carbocycles. The Kier molecular flexibility index (Phi) is 10.1. The number of hydrogen-bond donors (Lipinski definition) is 2. The molecule has 0 bridgehead atoms. The summed E-state index contributed by atoms with van der Waals surface area (Å²) in [5, 5.41) is 8.73. The fraction of sp³-hybridized carbons (Fsp3) is 0.306. The Morgan fingerprint density at radius 1 is 0.786 bits per heavy atom. The number of anilines is 2. The maximum Gasteiger partial charge on any atom is 0.305 e. The molecular formula is C36H40N2O4. The third kappa shape index (κ3) is 8.53. The topological polar surface area (TPSA) is 84.5 Å². The molecule has 1 amide bonds. The zero-order chi connectivity index (χ0) is 30.1. The molecule has 0 aliphatic heterocycles. The molecule has 42 heavy (non-hydrogen) atoms. The van der Waals surface area contributed by atoms with Crippen molar-refractivity contribution in [3.63, 3.8) is 0 Å². The first-order valence-electron chi connectivity index (χ1n) is 14.6. The van der Waals surface area contributed by atoms with Crippen LogP contribution in [0.1, 0.15) is 68.4 Å². The zero-order valence-corrected chi connectivity index (χ0v) is 24.9. The van der Waals surface area contributed by atoms with Gasteiger partial charge in [0.05, 0.1) is 6.61 Å². The van der Waals surface area contributed by atoms with Crippen LogP contribution in [0.2, 0.25) is 0 Å². The molecule has 218 valence electrons. The van der Waals surface area contributed by atoms with Crippen LogP contribution in [-0.4, -0.2) is 30.3 Å². The van der Waals surface area contributed by atoms with E-state index in [1.807, 2.05) is 48.5 Å². The minimum atomic E-state index is -0.556. The van der Waals surface area contributed by atoms with Crippen LogP contribution in [0.5, 0.6) is 0 Å². The van der Waals surface area contributed by atoms with Crippen LogP contribution in [0.15, 0.2) is 91.0 Å². The lowest BCUT2D eigenvalue weighted by atomic mass is 9.87. The van der Waals surface area contributed by atoms with E-state index in [1.54, 1.807) is 19.1 Å². The maximum atomic E-state index is 13.6. The van der Waals surface area contributed by atoms with Gasteiger partial charge in [0.15, 0.2) is 5.78 Å². The van der Waals surface area contributed by atoms with Crippen LogP contribution in [0, 0.1) is 0 Å². The molecule has 2 N–H and O–H groups in total. The summed E-state index contributed by atoms with van der Waals surface area (Å²) in [7, 11) is 0. The number of esters is 1. The molecule has 0 aliphatic carbocycles. The van der Waals surface area contributed by atoms with E-state index in [0.29, 0.717) is 25.0 Å². The van der Waals surface area contributed by atoms with Gasteiger partial charge in [0, 0.05) is 36.2 Å². The quantitative estimate of drug-likeness (QED) is 0.136. The van der Waals surface area contributed by atoms with Crippen molar-refractivity contribution in [1.29, 1.82) is 0 Å². The van der Waals surface area contributed by atoms with Gasteiger partial charge in [0.1, 0.15) is 6.04 Å². The van der Waals surface area contributed by atoms with Crippen LogP contribution in [0.25, 0.3) is 10.8 Å². The summed E-state index contributed by atoms with van der Waals surface area (Å²) in [6.07, 6.45) is 1.42. The number of fused-ring (bicyclic) bond motifs is 1. The highest BCUT2D eigenvalue weighted by atomic mass is 16.5. The first-order valence-corrected chi connectivity index (χ1v) is 14.6. The first-order chi connectivity index (χ1) is 20.1. The molecule has 0 aliphatic rings. The summed E-state index contributed by atoms with van der Waals surface area (Å²) >= 11 is 0. The lowest BCUT2D eigenvalue weighted by molar-refractivity contribution is -0.143. The predicted molar refractivity (Wildman–Crippen MR) is 170 cm³/mol. The normalized spacial score (nSPS) is 12.0. The largest absolute Gasteiger partial charge is 0.466 e. The third-order valence-corrected chi connectivity index (χ3v) is 7.23. The minimum absolute atomic E-state index is 0.0250. The lowest BCUT2D eigenvalue weighted by Crippen LogP contribution is -2.36. The van der Waals surface area contributed by atoms with E-state index >= 15 is 0 Å². The summed E-state index contributed by atoms with van der Waals surface area (Å²) < 4.78 is 4.93. The van der Waals surface area contributed by atoms with Gasteiger partial charge >= 0.3 is 5.97 Å². The number of Topliss-reactive ketones (excluding diaryl/α,β-unsaturated/α-hetero) is 1. The van der Waals surface area contributed by atoms with Crippen LogP contribution in [0.4, 0.5) is 11.4 Å². The smallest absolute Gasteiger partial charge is 0.305 e. The fourth-order valence-electron chi connectivity index (χ4n) is 4.82. The van der Waals surface area contributed by atoms with Crippen molar-refractivity contribution in [3.8, 4) is 0 Å². The molecule has 0 saturated carbocycles. The highest BCUT2D eigenvalue weighted by Gasteiger charge is 2.21. The van der Waals surface area contributed by atoms with Gasteiger partial charge in [-0.2, -0.15) is 0 Å². The van der Waals surface area contributed by atoms with Crippen LogP contribution in [-0.2, 0) is 26.2 Å². The van der Waals surface area contributed by atoms with E-state index in [9.17, 15) is 14.4 Å².